The molecule has 80 valence electrons. The van der Waals surface area contributed by atoms with Crippen LogP contribution in [0, 0.1) is 5.82 Å². The quantitative estimate of drug-likeness (QED) is 0.808. The fraction of sp³-hybridized carbons (Fsp3) is 0.300. The molecule has 0 bridgehead atoms. The number of carbonyl (C=O) groups is 1. The predicted molar refractivity (Wildman–Crippen MR) is 50.2 cm³/mol. The molecule has 0 aliphatic carbocycles. The van der Waals surface area contributed by atoms with E-state index in [1.54, 1.807) is 6.07 Å². The second-order valence-electron chi connectivity index (χ2n) is 3.19. The van der Waals surface area contributed by atoms with Gasteiger partial charge in [-0.15, -0.1) is 0 Å². The van der Waals surface area contributed by atoms with Crippen LogP contribution in [0.15, 0.2) is 18.2 Å². The Kier molecular flexibility index (Phi) is 2.45. The number of ether oxygens (including phenoxy) is 2. The van der Waals surface area contributed by atoms with E-state index in [4.69, 9.17) is 9.47 Å². The molecule has 1 amide bonds. The fourth-order valence-electron chi connectivity index (χ4n) is 1.46. The first-order valence-electron chi connectivity index (χ1n) is 4.47. The maximum atomic E-state index is 13.3. The van der Waals surface area contributed by atoms with Gasteiger partial charge in [-0.25, -0.2) is 9.18 Å². The molecule has 1 N–H and O–H groups in total. The second kappa shape index (κ2) is 3.76. The monoisotopic (exact) mass is 211 g/mol. The van der Waals surface area contributed by atoms with Gasteiger partial charge in [0.2, 0.25) is 0 Å². The number of hydrogen-bond acceptors (Lipinski definition) is 3. The third-order valence-corrected chi connectivity index (χ3v) is 2.25. The summed E-state index contributed by atoms with van der Waals surface area (Å²) < 4.78 is 22.8. The van der Waals surface area contributed by atoms with Crippen LogP contribution >= 0.6 is 0 Å². The molecule has 1 fully saturated rings. The van der Waals surface area contributed by atoms with Crippen LogP contribution in [0.3, 0.4) is 0 Å². The third kappa shape index (κ3) is 1.86. The molecular weight excluding hydrogens is 201 g/mol. The van der Waals surface area contributed by atoms with Crippen LogP contribution in [-0.4, -0.2) is 19.8 Å². The van der Waals surface area contributed by atoms with Gasteiger partial charge in [0.25, 0.3) is 0 Å². The minimum atomic E-state index is -0.476. The Balaban J connectivity index is 2.22. The molecule has 4 nitrogen and oxygen atoms in total. The van der Waals surface area contributed by atoms with E-state index in [-0.39, 0.29) is 18.4 Å². The van der Waals surface area contributed by atoms with Gasteiger partial charge >= 0.3 is 6.09 Å². The first-order valence-corrected chi connectivity index (χ1v) is 4.47. The van der Waals surface area contributed by atoms with Crippen molar-refractivity contribution in [3.63, 3.8) is 0 Å². The van der Waals surface area contributed by atoms with Crippen molar-refractivity contribution in [3.8, 4) is 5.75 Å². The van der Waals surface area contributed by atoms with Gasteiger partial charge in [-0.2, -0.15) is 0 Å². The van der Waals surface area contributed by atoms with E-state index in [1.807, 2.05) is 0 Å². The van der Waals surface area contributed by atoms with E-state index in [9.17, 15) is 9.18 Å². The van der Waals surface area contributed by atoms with E-state index in [0.717, 1.165) is 0 Å². The Bertz CT molecular complexity index is 394. The average molecular weight is 211 g/mol. The van der Waals surface area contributed by atoms with E-state index in [1.165, 1.54) is 19.2 Å². The Hall–Kier alpha value is -1.78. The molecule has 2 rings (SSSR count). The summed E-state index contributed by atoms with van der Waals surface area (Å²) in [7, 11) is 1.40. The zero-order valence-electron chi connectivity index (χ0n) is 8.12. The van der Waals surface area contributed by atoms with Crippen LogP contribution in [0.2, 0.25) is 0 Å². The lowest BCUT2D eigenvalue weighted by Gasteiger charge is -2.09. The van der Waals surface area contributed by atoms with Gasteiger partial charge in [-0.05, 0) is 17.7 Å². The van der Waals surface area contributed by atoms with Crippen LogP contribution in [-0.2, 0) is 4.74 Å². The van der Waals surface area contributed by atoms with Crippen molar-refractivity contribution in [1.29, 1.82) is 0 Å². The molecule has 0 radical (unpaired) electrons. The van der Waals surface area contributed by atoms with E-state index in [2.05, 4.69) is 5.32 Å². The first kappa shape index (κ1) is 9.76. The lowest BCUT2D eigenvalue weighted by molar-refractivity contribution is 0.177. The topological polar surface area (TPSA) is 47.6 Å². The number of nitrogens with one attached hydrogen (secondary N) is 1. The lowest BCUT2D eigenvalue weighted by Crippen LogP contribution is -2.18. The standard InChI is InChI=1S/C10H10FNO3/c1-14-9-3-2-6(4-7(9)11)8-5-15-10(13)12-8/h2-4,8H,5H2,1H3,(H,12,13)/t8-/m1/s1. The molecule has 1 atom stereocenters. The molecule has 1 aliphatic rings. The van der Waals surface area contributed by atoms with Crippen LogP contribution in [0.5, 0.6) is 5.75 Å². The van der Waals surface area contributed by atoms with Crippen molar-refractivity contribution in [2.45, 2.75) is 6.04 Å². The summed E-state index contributed by atoms with van der Waals surface area (Å²) in [5, 5.41) is 2.57. The zero-order valence-corrected chi connectivity index (χ0v) is 8.12. The van der Waals surface area contributed by atoms with Crippen LogP contribution in [0.4, 0.5) is 9.18 Å². The number of benzene rings is 1. The van der Waals surface area contributed by atoms with Crippen LogP contribution < -0.4 is 10.1 Å². The summed E-state index contributed by atoms with van der Waals surface area (Å²) in [5.74, 6) is -0.264. The molecular formula is C10H10FNO3. The van der Waals surface area contributed by atoms with Gasteiger partial charge in [0.15, 0.2) is 11.6 Å². The molecule has 0 spiro atoms. The van der Waals surface area contributed by atoms with E-state index < -0.39 is 11.9 Å². The zero-order chi connectivity index (χ0) is 10.8. The highest BCUT2D eigenvalue weighted by Gasteiger charge is 2.24. The Labute approximate surface area is 86.0 Å². The SMILES string of the molecule is COc1ccc([C@H]2COC(=O)N2)cc1F. The van der Waals surface area contributed by atoms with Gasteiger partial charge in [0, 0.05) is 0 Å². The summed E-state index contributed by atoms with van der Waals surface area (Å²) in [6.07, 6.45) is -0.476. The first-order chi connectivity index (χ1) is 7.20. The van der Waals surface area contributed by atoms with Crippen molar-refractivity contribution in [2.24, 2.45) is 0 Å². The van der Waals surface area contributed by atoms with Gasteiger partial charge in [0.1, 0.15) is 6.61 Å². The molecule has 0 unspecified atom stereocenters. The molecule has 1 aromatic carbocycles. The number of cyclic esters (lactones) is 1. The number of halogens is 1. The van der Waals surface area contributed by atoms with Crippen LogP contribution in [0.1, 0.15) is 11.6 Å². The maximum absolute atomic E-state index is 13.3. The molecule has 1 aromatic rings. The highest BCUT2D eigenvalue weighted by atomic mass is 19.1. The van der Waals surface area contributed by atoms with Gasteiger partial charge in [-0.3, -0.25) is 0 Å². The Morgan fingerprint density at radius 2 is 2.40 bits per heavy atom. The second-order valence-corrected chi connectivity index (χ2v) is 3.19. The number of hydrogen-bond donors (Lipinski definition) is 1. The van der Waals surface area contributed by atoms with E-state index in [0.29, 0.717) is 5.56 Å². The summed E-state index contributed by atoms with van der Waals surface area (Å²) in [6, 6.07) is 4.27. The largest absolute Gasteiger partial charge is 0.494 e. The Morgan fingerprint density at radius 1 is 1.60 bits per heavy atom. The van der Waals surface area contributed by atoms with Crippen molar-refractivity contribution < 1.29 is 18.7 Å². The number of alkyl carbamates (subject to hydrolysis) is 1. The fourth-order valence-corrected chi connectivity index (χ4v) is 1.46. The summed E-state index contributed by atoms with van der Waals surface area (Å²) in [5.41, 5.74) is 0.666. The predicted octanol–water partition coefficient (Wildman–Crippen LogP) is 1.62. The molecule has 0 saturated carbocycles. The van der Waals surface area contributed by atoms with Gasteiger partial charge in [-0.1, -0.05) is 6.07 Å². The maximum Gasteiger partial charge on any atom is 0.407 e. The number of methoxy groups -OCH3 is 1. The summed E-state index contributed by atoms with van der Waals surface area (Å²) in [6.45, 7) is 0.227. The number of amides is 1. The van der Waals surface area contributed by atoms with E-state index >= 15 is 0 Å². The minimum absolute atomic E-state index is 0.184. The van der Waals surface area contributed by atoms with Gasteiger partial charge in [0.05, 0.1) is 13.2 Å². The summed E-state index contributed by atoms with van der Waals surface area (Å²) >= 11 is 0. The molecule has 15 heavy (non-hydrogen) atoms. The highest BCUT2D eigenvalue weighted by molar-refractivity contribution is 5.70. The third-order valence-electron chi connectivity index (χ3n) is 2.25. The molecule has 0 aromatic heterocycles. The smallest absolute Gasteiger partial charge is 0.407 e. The molecule has 1 aliphatic heterocycles. The molecule has 1 saturated heterocycles. The molecule has 5 heteroatoms. The number of carbonyl (C=O) groups excluding carboxylic acids is 1. The normalized spacial score (nSPS) is 19.6. The molecule has 1 heterocycles. The van der Waals surface area contributed by atoms with Crippen LogP contribution in [0.25, 0.3) is 0 Å². The average Bonchev–Trinajstić information content (AvgIpc) is 2.65. The van der Waals surface area contributed by atoms with Crippen molar-refractivity contribution in [3.05, 3.63) is 29.6 Å². The van der Waals surface area contributed by atoms with Crippen molar-refractivity contribution in [2.75, 3.05) is 13.7 Å². The lowest BCUT2D eigenvalue weighted by atomic mass is 10.1. The highest BCUT2D eigenvalue weighted by Crippen LogP contribution is 2.23. The van der Waals surface area contributed by atoms with Crippen molar-refractivity contribution >= 4 is 6.09 Å². The summed E-state index contributed by atoms with van der Waals surface area (Å²) in [4.78, 5) is 10.8. The minimum Gasteiger partial charge on any atom is -0.494 e. The Morgan fingerprint density at radius 3 is 2.93 bits per heavy atom. The van der Waals surface area contributed by atoms with Crippen molar-refractivity contribution in [1.82, 2.24) is 5.32 Å². The van der Waals surface area contributed by atoms with Gasteiger partial charge < -0.3 is 14.8 Å². The number of rotatable bonds is 2.